The number of nitrogens with zero attached hydrogens (tertiary/aromatic N) is 3. The maximum Gasteiger partial charge on any atom is 0.113 e. The van der Waals surface area contributed by atoms with Gasteiger partial charge in [-0.2, -0.15) is 0 Å². The van der Waals surface area contributed by atoms with Crippen molar-refractivity contribution in [2.24, 2.45) is 0 Å². The first-order valence-corrected chi connectivity index (χ1v) is 3.60. The molecule has 0 fully saturated rings. The SMILES string of the molecule is [B]/C=C/n1nnc2ccccc21. The fourth-order valence-electron chi connectivity index (χ4n) is 1.08. The second-order valence-corrected chi connectivity index (χ2v) is 2.36. The molecule has 56 valence electrons. The normalized spacial score (nSPS) is 11.3. The van der Waals surface area contributed by atoms with E-state index in [9.17, 15) is 0 Å². The summed E-state index contributed by atoms with van der Waals surface area (Å²) in [5.74, 6) is 1.43. The number of hydrogen-bond acceptors (Lipinski definition) is 2. The van der Waals surface area contributed by atoms with Gasteiger partial charge in [-0.15, -0.1) is 11.1 Å². The van der Waals surface area contributed by atoms with Gasteiger partial charge in [0.25, 0.3) is 0 Å². The smallest absolute Gasteiger partial charge is 0.113 e. The van der Waals surface area contributed by atoms with Crippen LogP contribution in [0.1, 0.15) is 0 Å². The summed E-state index contributed by atoms with van der Waals surface area (Å²) in [6.07, 6.45) is 1.66. The second-order valence-electron chi connectivity index (χ2n) is 2.36. The van der Waals surface area contributed by atoms with E-state index in [1.54, 1.807) is 10.9 Å². The summed E-state index contributed by atoms with van der Waals surface area (Å²) in [7, 11) is 5.24. The molecule has 0 spiro atoms. The zero-order valence-electron chi connectivity index (χ0n) is 6.38. The molecule has 3 nitrogen and oxygen atoms in total. The summed E-state index contributed by atoms with van der Waals surface area (Å²) in [5, 5.41) is 7.83. The third-order valence-electron chi connectivity index (χ3n) is 1.60. The molecule has 4 heteroatoms. The summed E-state index contributed by atoms with van der Waals surface area (Å²) >= 11 is 0. The van der Waals surface area contributed by atoms with Crippen LogP contribution in [0.2, 0.25) is 0 Å². The molecule has 0 unspecified atom stereocenters. The molecular weight excluding hydrogens is 149 g/mol. The lowest BCUT2D eigenvalue weighted by molar-refractivity contribution is 0.862. The standard InChI is InChI=1S/C8H6BN3/c9-5-6-12-8-4-2-1-3-7(8)10-11-12/h1-6H/b6-5+. The van der Waals surface area contributed by atoms with Crippen molar-refractivity contribution < 1.29 is 0 Å². The summed E-state index contributed by atoms with van der Waals surface area (Å²) in [6.45, 7) is 0. The molecular formula is C8H6BN3. The van der Waals surface area contributed by atoms with Crippen LogP contribution in [0.3, 0.4) is 0 Å². The Morgan fingerprint density at radius 3 is 3.00 bits per heavy atom. The van der Waals surface area contributed by atoms with Crippen LogP contribution in [0.5, 0.6) is 0 Å². The van der Waals surface area contributed by atoms with Gasteiger partial charge in [-0.1, -0.05) is 17.3 Å². The quantitative estimate of drug-likeness (QED) is 0.575. The van der Waals surface area contributed by atoms with Crippen LogP contribution >= 0.6 is 0 Å². The fraction of sp³-hybridized carbons (Fsp3) is 0. The zero-order valence-corrected chi connectivity index (χ0v) is 6.38. The maximum absolute atomic E-state index is 5.24. The molecule has 1 aromatic heterocycles. The largest absolute Gasteiger partial charge is 0.221 e. The highest BCUT2D eigenvalue weighted by Crippen LogP contribution is 2.09. The Labute approximate surface area is 71.1 Å². The van der Waals surface area contributed by atoms with Gasteiger partial charge in [-0.3, -0.25) is 0 Å². The molecule has 0 aliphatic carbocycles. The minimum atomic E-state index is 0.871. The van der Waals surface area contributed by atoms with E-state index in [-0.39, 0.29) is 0 Å². The number of hydrogen-bond donors (Lipinski definition) is 0. The van der Waals surface area contributed by atoms with E-state index in [0.29, 0.717) is 0 Å². The van der Waals surface area contributed by atoms with Gasteiger partial charge < -0.3 is 0 Å². The fourth-order valence-corrected chi connectivity index (χ4v) is 1.08. The molecule has 0 bridgehead atoms. The van der Waals surface area contributed by atoms with Crippen LogP contribution in [0, 0.1) is 0 Å². The van der Waals surface area contributed by atoms with E-state index >= 15 is 0 Å². The molecule has 0 amide bonds. The lowest BCUT2D eigenvalue weighted by Gasteiger charge is -1.90. The lowest BCUT2D eigenvalue weighted by Crippen LogP contribution is -1.87. The monoisotopic (exact) mass is 155 g/mol. The van der Waals surface area contributed by atoms with Gasteiger partial charge >= 0.3 is 0 Å². The molecule has 0 aliphatic rings. The highest BCUT2D eigenvalue weighted by Gasteiger charge is 1.97. The molecule has 2 radical (unpaired) electrons. The number of fused-ring (bicyclic) bond motifs is 1. The Morgan fingerprint density at radius 2 is 2.17 bits per heavy atom. The minimum Gasteiger partial charge on any atom is -0.221 e. The van der Waals surface area contributed by atoms with Gasteiger partial charge in [0, 0.05) is 6.20 Å². The van der Waals surface area contributed by atoms with Crippen LogP contribution in [-0.2, 0) is 0 Å². The number of rotatable bonds is 1. The summed E-state index contributed by atoms with van der Waals surface area (Å²) < 4.78 is 1.63. The van der Waals surface area contributed by atoms with Crippen molar-refractivity contribution in [3.8, 4) is 0 Å². The van der Waals surface area contributed by atoms with Crippen LogP contribution in [0.4, 0.5) is 0 Å². The minimum absolute atomic E-state index is 0.871. The van der Waals surface area contributed by atoms with Gasteiger partial charge in [0.15, 0.2) is 0 Å². The van der Waals surface area contributed by atoms with Crippen LogP contribution in [0.25, 0.3) is 17.2 Å². The molecule has 0 aliphatic heterocycles. The van der Waals surface area contributed by atoms with E-state index in [2.05, 4.69) is 10.3 Å². The highest BCUT2D eigenvalue weighted by molar-refractivity contribution is 6.18. The first kappa shape index (κ1) is 7.09. The molecule has 0 atom stereocenters. The van der Waals surface area contributed by atoms with E-state index in [1.807, 2.05) is 24.3 Å². The van der Waals surface area contributed by atoms with E-state index < -0.39 is 0 Å². The van der Waals surface area contributed by atoms with Crippen LogP contribution < -0.4 is 0 Å². The molecule has 2 rings (SSSR count). The first-order valence-electron chi connectivity index (χ1n) is 3.60. The Kier molecular flexibility index (Phi) is 1.66. The average molecular weight is 155 g/mol. The van der Waals surface area contributed by atoms with Crippen molar-refractivity contribution in [2.75, 3.05) is 0 Å². The van der Waals surface area contributed by atoms with E-state index in [4.69, 9.17) is 7.85 Å². The molecule has 0 N–H and O–H groups in total. The molecule has 1 heterocycles. The Bertz CT molecular complexity index is 419. The van der Waals surface area contributed by atoms with Gasteiger partial charge in [-0.05, 0) is 12.1 Å². The van der Waals surface area contributed by atoms with E-state index in [0.717, 1.165) is 11.0 Å². The Balaban J connectivity index is 2.70. The second kappa shape index (κ2) is 2.81. The topological polar surface area (TPSA) is 30.7 Å². The van der Waals surface area contributed by atoms with Crippen molar-refractivity contribution in [3.05, 3.63) is 30.2 Å². The first-order chi connectivity index (χ1) is 5.92. The predicted octanol–water partition coefficient (Wildman–Crippen LogP) is 1.03. The zero-order chi connectivity index (χ0) is 8.39. The molecule has 1 aromatic carbocycles. The summed E-state index contributed by atoms with van der Waals surface area (Å²) in [4.78, 5) is 0. The molecule has 0 saturated heterocycles. The predicted molar refractivity (Wildman–Crippen MR) is 48.6 cm³/mol. The van der Waals surface area contributed by atoms with Crippen LogP contribution in [-0.4, -0.2) is 22.8 Å². The summed E-state index contributed by atoms with van der Waals surface area (Å²) in [5.41, 5.74) is 1.83. The third kappa shape index (κ3) is 1.01. The molecule has 0 saturated carbocycles. The summed E-state index contributed by atoms with van der Waals surface area (Å²) in [6, 6.07) is 7.71. The van der Waals surface area contributed by atoms with Gasteiger partial charge in [0.2, 0.25) is 0 Å². The van der Waals surface area contributed by atoms with Crippen molar-refractivity contribution in [1.29, 1.82) is 0 Å². The van der Waals surface area contributed by atoms with Crippen LogP contribution in [0.15, 0.2) is 30.2 Å². The van der Waals surface area contributed by atoms with E-state index in [1.165, 1.54) is 5.98 Å². The number of para-hydroxylation sites is 1. The number of benzene rings is 1. The molecule has 2 aromatic rings. The van der Waals surface area contributed by atoms with Gasteiger partial charge in [0.1, 0.15) is 13.4 Å². The Hall–Kier alpha value is -1.58. The Morgan fingerprint density at radius 1 is 1.33 bits per heavy atom. The highest BCUT2D eigenvalue weighted by atomic mass is 15.4. The van der Waals surface area contributed by atoms with Gasteiger partial charge in [-0.25, -0.2) is 4.68 Å². The van der Waals surface area contributed by atoms with Crippen molar-refractivity contribution >= 4 is 25.1 Å². The lowest BCUT2D eigenvalue weighted by atomic mass is 10.2. The van der Waals surface area contributed by atoms with Crippen molar-refractivity contribution in [3.63, 3.8) is 0 Å². The molecule has 12 heavy (non-hydrogen) atoms. The average Bonchev–Trinajstić information content (AvgIpc) is 2.50. The third-order valence-corrected chi connectivity index (χ3v) is 1.60. The number of aromatic nitrogens is 3. The van der Waals surface area contributed by atoms with Crippen molar-refractivity contribution in [2.45, 2.75) is 0 Å². The van der Waals surface area contributed by atoms with Gasteiger partial charge in [0.05, 0.1) is 5.52 Å². The van der Waals surface area contributed by atoms with Crippen molar-refractivity contribution in [1.82, 2.24) is 15.0 Å². The maximum atomic E-state index is 5.24.